The SMILES string of the molecule is COC(=O)N1C(=O)[C@@H]2[C@@H](CC(O[Si](C(C)C)(C(C)C)C(C)C)=C3c4ccccc4N(S(=O)(=O)c4ccc(OC)cc4)[C@@H]32)[C@@H]1COCc1ccccc1. The number of nitrogens with zero attached hydrogens (tertiary/aromatic N) is 2. The molecule has 0 spiro atoms. The van der Waals surface area contributed by atoms with Gasteiger partial charge in [-0.3, -0.25) is 9.10 Å². The summed E-state index contributed by atoms with van der Waals surface area (Å²) in [5, 5.41) is 0. The van der Waals surface area contributed by atoms with Gasteiger partial charge < -0.3 is 18.6 Å². The Kier molecular flexibility index (Phi) is 10.6. The predicted molar refractivity (Wildman–Crippen MR) is 203 cm³/mol. The minimum Gasteiger partial charge on any atom is -0.545 e. The average molecular weight is 747 g/mol. The first-order chi connectivity index (χ1) is 24.8. The highest BCUT2D eigenvalue weighted by molar-refractivity contribution is 7.93. The summed E-state index contributed by atoms with van der Waals surface area (Å²) in [6.07, 6.45) is -0.465. The van der Waals surface area contributed by atoms with Gasteiger partial charge in [0.2, 0.25) is 5.91 Å². The second kappa shape index (κ2) is 14.7. The van der Waals surface area contributed by atoms with E-state index in [0.717, 1.165) is 10.5 Å². The third kappa shape index (κ3) is 6.22. The van der Waals surface area contributed by atoms with E-state index in [1.165, 1.54) is 30.7 Å². The van der Waals surface area contributed by atoms with E-state index in [-0.39, 0.29) is 34.7 Å². The highest BCUT2D eigenvalue weighted by atomic mass is 32.2. The zero-order valence-electron chi connectivity index (χ0n) is 31.2. The normalized spacial score (nSPS) is 21.5. The number of ether oxygens (including phenoxy) is 3. The molecule has 4 atom stereocenters. The summed E-state index contributed by atoms with van der Waals surface area (Å²) < 4.78 is 55.5. The number of rotatable bonds is 12. The van der Waals surface area contributed by atoms with Gasteiger partial charge in [-0.05, 0) is 52.5 Å². The first-order valence-corrected chi connectivity index (χ1v) is 21.6. The van der Waals surface area contributed by atoms with Gasteiger partial charge in [0, 0.05) is 23.5 Å². The van der Waals surface area contributed by atoms with Crippen molar-refractivity contribution in [2.45, 2.75) is 88.2 Å². The van der Waals surface area contributed by atoms with Gasteiger partial charge >= 0.3 is 6.09 Å². The summed E-state index contributed by atoms with van der Waals surface area (Å²) in [5.41, 5.74) is 3.51. The van der Waals surface area contributed by atoms with Gasteiger partial charge in [0.15, 0.2) is 0 Å². The number of hydrogen-bond donors (Lipinski definition) is 0. The molecule has 1 saturated heterocycles. The maximum Gasteiger partial charge on any atom is 0.416 e. The minimum atomic E-state index is -4.26. The van der Waals surface area contributed by atoms with Crippen LogP contribution in [0.15, 0.2) is 89.5 Å². The zero-order valence-corrected chi connectivity index (χ0v) is 33.1. The van der Waals surface area contributed by atoms with E-state index in [2.05, 4.69) is 41.5 Å². The number of allylic oxidation sites excluding steroid dienone is 1. The molecule has 2 aliphatic heterocycles. The highest BCUT2D eigenvalue weighted by Gasteiger charge is 2.63. The van der Waals surface area contributed by atoms with Crippen LogP contribution < -0.4 is 9.04 Å². The second-order valence-corrected chi connectivity index (χ2v) is 22.0. The molecule has 3 aromatic rings. The molecule has 2 amide bonds. The third-order valence-electron chi connectivity index (χ3n) is 11.2. The van der Waals surface area contributed by atoms with Gasteiger partial charge in [-0.25, -0.2) is 18.1 Å². The van der Waals surface area contributed by atoms with Gasteiger partial charge in [0.1, 0.15) is 5.75 Å². The maximum absolute atomic E-state index is 14.9. The molecule has 0 N–H and O–H groups in total. The molecular weight excluding hydrogens is 697 g/mol. The van der Waals surface area contributed by atoms with E-state index in [4.69, 9.17) is 18.6 Å². The van der Waals surface area contributed by atoms with Gasteiger partial charge in [-0.15, -0.1) is 0 Å². The van der Waals surface area contributed by atoms with Crippen molar-refractivity contribution in [2.24, 2.45) is 11.8 Å². The Bertz CT molecular complexity index is 1910. The molecule has 3 aromatic carbocycles. The van der Waals surface area contributed by atoms with E-state index in [0.29, 0.717) is 34.8 Å². The standard InChI is InChI=1S/C40H50N2O8SSi/c1-25(2)52(26(3)4,27(5)6)50-35-22-32-34(24-49-23-28-14-10-9-11-15-28)41(40(44)48-8)39(43)37(32)38-36(35)31-16-12-13-17-33(31)42(38)51(45,46)30-20-18-29(47-7)19-21-30/h9-21,25-27,32,34,37-38H,22-24H2,1-8H3/t32-,34-,37+,38-/m0/s1. The number of para-hydroxylation sites is 1. The molecule has 3 aliphatic rings. The Morgan fingerprint density at radius 1 is 0.865 bits per heavy atom. The van der Waals surface area contributed by atoms with Crippen molar-refractivity contribution in [3.05, 3.63) is 95.7 Å². The molecule has 278 valence electrons. The quantitative estimate of drug-likeness (QED) is 0.172. The second-order valence-electron chi connectivity index (χ2n) is 14.8. The van der Waals surface area contributed by atoms with Crippen LogP contribution in [0.25, 0.3) is 5.57 Å². The number of methoxy groups -OCH3 is 2. The van der Waals surface area contributed by atoms with Gasteiger partial charge in [0.05, 0.1) is 61.8 Å². The molecule has 0 bridgehead atoms. The summed E-state index contributed by atoms with van der Waals surface area (Å²) in [7, 11) is -4.09. The minimum absolute atomic E-state index is 0.0471. The Labute approximate surface area is 308 Å². The first kappa shape index (κ1) is 37.6. The highest BCUT2D eigenvalue weighted by Crippen LogP contribution is 2.58. The van der Waals surface area contributed by atoms with E-state index < -0.39 is 54.3 Å². The monoisotopic (exact) mass is 746 g/mol. The van der Waals surface area contributed by atoms with Crippen LogP contribution in [-0.2, 0) is 35.3 Å². The average Bonchev–Trinajstić information content (AvgIpc) is 3.62. The van der Waals surface area contributed by atoms with Crippen LogP contribution in [0.1, 0.15) is 59.1 Å². The van der Waals surface area contributed by atoms with Crippen LogP contribution in [0.4, 0.5) is 10.5 Å². The maximum atomic E-state index is 14.9. The number of sulfonamides is 1. The number of benzene rings is 3. The molecule has 0 saturated carbocycles. The van der Waals surface area contributed by atoms with Gasteiger partial charge in [0.25, 0.3) is 18.3 Å². The molecular formula is C40H50N2O8SSi. The molecule has 10 nitrogen and oxygen atoms in total. The van der Waals surface area contributed by atoms with Crippen molar-refractivity contribution in [1.29, 1.82) is 0 Å². The van der Waals surface area contributed by atoms with Crippen LogP contribution in [0.3, 0.4) is 0 Å². The van der Waals surface area contributed by atoms with Gasteiger partial charge in [-0.1, -0.05) is 90.1 Å². The molecule has 1 aliphatic carbocycles. The molecule has 52 heavy (non-hydrogen) atoms. The van der Waals surface area contributed by atoms with Crippen LogP contribution >= 0.6 is 0 Å². The van der Waals surface area contributed by atoms with Crippen molar-refractivity contribution in [3.63, 3.8) is 0 Å². The lowest BCUT2D eigenvalue weighted by Gasteiger charge is -2.46. The Balaban J connectivity index is 1.56. The van der Waals surface area contributed by atoms with E-state index in [1.54, 1.807) is 24.3 Å². The van der Waals surface area contributed by atoms with Crippen LogP contribution in [0.5, 0.6) is 5.75 Å². The van der Waals surface area contributed by atoms with Crippen LogP contribution in [0, 0.1) is 11.8 Å². The number of fused-ring (bicyclic) bond motifs is 5. The van der Waals surface area contributed by atoms with Crippen molar-refractivity contribution in [3.8, 4) is 5.75 Å². The largest absolute Gasteiger partial charge is 0.545 e. The molecule has 6 rings (SSSR count). The number of amides is 2. The van der Waals surface area contributed by atoms with E-state index >= 15 is 0 Å². The fourth-order valence-corrected chi connectivity index (χ4v) is 16.0. The number of carbonyl (C=O) groups excluding carboxylic acids is 2. The number of carbonyl (C=O) groups is 2. The van der Waals surface area contributed by atoms with Gasteiger partial charge in [-0.2, -0.15) is 0 Å². The summed E-state index contributed by atoms with van der Waals surface area (Å²) >= 11 is 0. The summed E-state index contributed by atoms with van der Waals surface area (Å²) in [5.74, 6) is -0.714. The predicted octanol–water partition coefficient (Wildman–Crippen LogP) is 8.01. The number of hydrogen-bond acceptors (Lipinski definition) is 8. The zero-order chi connectivity index (χ0) is 37.5. The first-order valence-electron chi connectivity index (χ1n) is 18.0. The summed E-state index contributed by atoms with van der Waals surface area (Å²) in [4.78, 5) is 29.5. The fourth-order valence-electron chi connectivity index (χ4n) is 9.05. The summed E-state index contributed by atoms with van der Waals surface area (Å²) in [6, 6.07) is 21.6. The van der Waals surface area contributed by atoms with Crippen molar-refractivity contribution >= 4 is 41.6 Å². The smallest absolute Gasteiger partial charge is 0.416 e. The van der Waals surface area contributed by atoms with Crippen LogP contribution in [-0.4, -0.2) is 66.5 Å². The Morgan fingerprint density at radius 3 is 2.08 bits per heavy atom. The lowest BCUT2D eigenvalue weighted by Crippen LogP contribution is -2.51. The Hall–Kier alpha value is -4.13. The number of imide groups is 1. The fraction of sp³-hybridized carbons (Fsp3) is 0.450. The molecule has 1 fully saturated rings. The lowest BCUT2D eigenvalue weighted by molar-refractivity contribution is -0.131. The molecule has 0 unspecified atom stereocenters. The topological polar surface area (TPSA) is 112 Å². The third-order valence-corrected chi connectivity index (χ3v) is 19.1. The van der Waals surface area contributed by atoms with Crippen LogP contribution in [0.2, 0.25) is 16.6 Å². The number of anilines is 1. The molecule has 12 heteroatoms. The van der Waals surface area contributed by atoms with E-state index in [9.17, 15) is 18.0 Å². The van der Waals surface area contributed by atoms with E-state index in [1.807, 2.05) is 42.5 Å². The Morgan fingerprint density at radius 2 is 1.48 bits per heavy atom. The molecule has 0 aromatic heterocycles. The van der Waals surface area contributed by atoms with Crippen molar-refractivity contribution in [1.82, 2.24) is 4.90 Å². The molecule has 2 heterocycles. The molecule has 0 radical (unpaired) electrons. The van der Waals surface area contributed by atoms with Crippen molar-refractivity contribution in [2.75, 3.05) is 25.1 Å². The number of likely N-dealkylation sites (tertiary alicyclic amines) is 1. The summed E-state index contributed by atoms with van der Waals surface area (Å²) in [6.45, 7) is 13.6. The lowest BCUT2D eigenvalue weighted by atomic mass is 9.74. The van der Waals surface area contributed by atoms with Crippen molar-refractivity contribution < 1.29 is 36.6 Å².